The number of amides is 3. The number of nitrogens with one attached hydrogen (secondary N) is 4. The molecule has 4 aromatic rings. The van der Waals surface area contributed by atoms with Crippen LogP contribution in [0.1, 0.15) is 76.7 Å². The third kappa shape index (κ3) is 6.91. The second kappa shape index (κ2) is 15.3. The van der Waals surface area contributed by atoms with E-state index in [1.807, 2.05) is 101 Å². The van der Waals surface area contributed by atoms with Crippen molar-refractivity contribution in [2.75, 3.05) is 17.7 Å². The number of allylic oxidation sites excluding steroid dienone is 1. The maximum absolute atomic E-state index is 13.5. The minimum atomic E-state index is -1.13. The van der Waals surface area contributed by atoms with Crippen molar-refractivity contribution in [2.45, 2.75) is 58.4 Å². The molecule has 6 rings (SSSR count). The summed E-state index contributed by atoms with van der Waals surface area (Å²) in [4.78, 5) is 42.9. The summed E-state index contributed by atoms with van der Waals surface area (Å²) in [6, 6.07) is 24.8. The van der Waals surface area contributed by atoms with Gasteiger partial charge in [-0.1, -0.05) is 92.4 Å². The molecule has 1 aliphatic carbocycles. The number of nitrogens with two attached hydrogens (primary N) is 1. The Kier molecular flexibility index (Phi) is 11.2. The summed E-state index contributed by atoms with van der Waals surface area (Å²) in [6.07, 6.45) is 4.03. The Balaban J connectivity index is 0.00000120. The van der Waals surface area contributed by atoms with Gasteiger partial charge in [0.1, 0.15) is 0 Å². The standard InChI is InChI=1S/C36H32N4O3.C2H6.CH5N/c1-22-32(40-31(41)16-10-13-25-11-6-4-7-12-25)24(3)37-33(22)28-19-20-36(28)29-21-27(17-18-30(29)39-35(36)43)34(42)38-23(2)26-14-8-5-9-15-26;2*1-2/h4-12,14-18,21,23,28,37H,13H2,1-3H3,(H,38,42)(H,39,43)(H,40,41);1-2H3;2H2,1H3/b16-10+;;. The molecule has 3 atom stereocenters. The van der Waals surface area contributed by atoms with Crippen molar-refractivity contribution < 1.29 is 14.4 Å². The average molecular weight is 630 g/mol. The molecular weight excluding hydrogens is 586 g/mol. The Morgan fingerprint density at radius 1 is 1.00 bits per heavy atom. The lowest BCUT2D eigenvalue weighted by atomic mass is 9.64. The van der Waals surface area contributed by atoms with Crippen LogP contribution in [0.5, 0.6) is 0 Å². The summed E-state index contributed by atoms with van der Waals surface area (Å²) < 4.78 is 0. The molecule has 6 N–H and O–H groups in total. The molecule has 3 unspecified atom stereocenters. The van der Waals surface area contributed by atoms with Crippen molar-refractivity contribution in [3.63, 3.8) is 0 Å². The molecular formula is C39H43N5O3. The number of H-pyrrole nitrogens is 1. The summed E-state index contributed by atoms with van der Waals surface area (Å²) in [5, 5.41) is 9.01. The first kappa shape index (κ1) is 34.5. The van der Waals surface area contributed by atoms with Crippen LogP contribution in [0, 0.1) is 25.7 Å². The lowest BCUT2D eigenvalue weighted by Crippen LogP contribution is -2.44. The van der Waals surface area contributed by atoms with Gasteiger partial charge in [0.25, 0.3) is 5.91 Å². The molecule has 1 aromatic heterocycles. The predicted molar refractivity (Wildman–Crippen MR) is 189 cm³/mol. The predicted octanol–water partition coefficient (Wildman–Crippen LogP) is 6.45. The van der Waals surface area contributed by atoms with Gasteiger partial charge in [0.05, 0.1) is 17.6 Å². The molecule has 3 aromatic carbocycles. The SMILES string of the molecule is CC.CN.Cc1[nH]c(C2C#CC23C(=O)Nc2ccc(C(=O)NC(C)c4ccccc4)cc23)c(C)c1NC(=O)/C=C/Cc1ccccc1. The summed E-state index contributed by atoms with van der Waals surface area (Å²) >= 11 is 0. The molecule has 47 heavy (non-hydrogen) atoms. The highest BCUT2D eigenvalue weighted by atomic mass is 16.2. The van der Waals surface area contributed by atoms with Crippen LogP contribution in [0.3, 0.4) is 0 Å². The first-order chi connectivity index (χ1) is 22.8. The van der Waals surface area contributed by atoms with Gasteiger partial charge in [0.15, 0.2) is 5.41 Å². The molecule has 1 spiro atoms. The molecule has 242 valence electrons. The number of rotatable bonds is 8. The van der Waals surface area contributed by atoms with Crippen LogP contribution in [-0.2, 0) is 21.4 Å². The van der Waals surface area contributed by atoms with E-state index in [4.69, 9.17) is 0 Å². The van der Waals surface area contributed by atoms with E-state index in [0.29, 0.717) is 28.9 Å². The van der Waals surface area contributed by atoms with E-state index < -0.39 is 11.3 Å². The number of hydrogen-bond acceptors (Lipinski definition) is 4. The Bertz CT molecular complexity index is 1830. The number of carbonyl (C=O) groups is 3. The molecule has 3 amide bonds. The number of aromatic nitrogens is 1. The lowest BCUT2D eigenvalue weighted by molar-refractivity contribution is -0.119. The highest BCUT2D eigenvalue weighted by Crippen LogP contribution is 2.52. The summed E-state index contributed by atoms with van der Waals surface area (Å²) in [7, 11) is 1.50. The molecule has 2 heterocycles. The van der Waals surface area contributed by atoms with Crippen LogP contribution in [0.2, 0.25) is 0 Å². The van der Waals surface area contributed by atoms with Crippen LogP contribution in [0.15, 0.2) is 91.0 Å². The fourth-order valence-electron chi connectivity index (χ4n) is 5.89. The molecule has 0 radical (unpaired) electrons. The number of anilines is 2. The zero-order chi connectivity index (χ0) is 34.1. The maximum Gasteiger partial charge on any atom is 0.251 e. The van der Waals surface area contributed by atoms with Crippen LogP contribution >= 0.6 is 0 Å². The van der Waals surface area contributed by atoms with Gasteiger partial charge in [-0.05, 0) is 75.2 Å². The van der Waals surface area contributed by atoms with Gasteiger partial charge in [0.2, 0.25) is 11.8 Å². The molecule has 8 heteroatoms. The quantitative estimate of drug-likeness (QED) is 0.113. The fourth-order valence-corrected chi connectivity index (χ4v) is 5.89. The van der Waals surface area contributed by atoms with E-state index in [2.05, 4.69) is 38.5 Å². The van der Waals surface area contributed by atoms with Gasteiger partial charge >= 0.3 is 0 Å². The third-order valence-electron chi connectivity index (χ3n) is 8.29. The Hall–Kier alpha value is -5.39. The Morgan fingerprint density at radius 2 is 1.66 bits per heavy atom. The van der Waals surface area contributed by atoms with Crippen molar-refractivity contribution in [3.8, 4) is 11.8 Å². The van der Waals surface area contributed by atoms with Crippen LogP contribution in [0.4, 0.5) is 11.4 Å². The number of carbonyl (C=O) groups excluding carboxylic acids is 3. The first-order valence-corrected chi connectivity index (χ1v) is 15.9. The Morgan fingerprint density at radius 3 is 2.30 bits per heavy atom. The summed E-state index contributed by atoms with van der Waals surface area (Å²) in [5.74, 6) is 5.18. The smallest absolute Gasteiger partial charge is 0.251 e. The van der Waals surface area contributed by atoms with Crippen molar-refractivity contribution in [2.24, 2.45) is 5.73 Å². The van der Waals surface area contributed by atoms with Crippen molar-refractivity contribution in [3.05, 3.63) is 130 Å². The second-order valence-electron chi connectivity index (χ2n) is 11.1. The van der Waals surface area contributed by atoms with E-state index in [1.165, 1.54) is 13.1 Å². The van der Waals surface area contributed by atoms with Gasteiger partial charge in [-0.15, -0.1) is 0 Å². The second-order valence-corrected chi connectivity index (χ2v) is 11.1. The minimum Gasteiger partial charge on any atom is -0.359 e. The molecule has 0 saturated heterocycles. The highest BCUT2D eigenvalue weighted by Gasteiger charge is 2.56. The number of aromatic amines is 1. The van der Waals surface area contributed by atoms with Gasteiger partial charge in [-0.3, -0.25) is 14.4 Å². The fraction of sp³-hybridized carbons (Fsp3) is 0.256. The van der Waals surface area contributed by atoms with E-state index in [9.17, 15) is 14.4 Å². The molecule has 8 nitrogen and oxygen atoms in total. The maximum atomic E-state index is 13.5. The molecule has 0 saturated carbocycles. The normalized spacial score (nSPS) is 17.4. The summed E-state index contributed by atoms with van der Waals surface area (Å²) in [5.41, 5.74) is 10.3. The van der Waals surface area contributed by atoms with E-state index in [0.717, 1.165) is 28.1 Å². The van der Waals surface area contributed by atoms with Crippen LogP contribution in [0.25, 0.3) is 0 Å². The first-order valence-electron chi connectivity index (χ1n) is 15.9. The largest absolute Gasteiger partial charge is 0.359 e. The van der Waals surface area contributed by atoms with Crippen molar-refractivity contribution >= 4 is 29.1 Å². The average Bonchev–Trinajstić information content (AvgIpc) is 3.54. The van der Waals surface area contributed by atoms with Gasteiger partial charge in [-0.25, -0.2) is 0 Å². The van der Waals surface area contributed by atoms with E-state index in [1.54, 1.807) is 18.2 Å². The third-order valence-corrected chi connectivity index (χ3v) is 8.29. The molecule has 0 bridgehead atoms. The van der Waals surface area contributed by atoms with Gasteiger partial charge in [-0.2, -0.15) is 0 Å². The van der Waals surface area contributed by atoms with Crippen molar-refractivity contribution in [1.29, 1.82) is 0 Å². The van der Waals surface area contributed by atoms with Crippen LogP contribution in [-0.4, -0.2) is 29.8 Å². The lowest BCUT2D eigenvalue weighted by Gasteiger charge is -2.34. The number of aryl methyl sites for hydroxylation is 1. The molecule has 0 fully saturated rings. The molecule has 2 aliphatic rings. The van der Waals surface area contributed by atoms with Crippen molar-refractivity contribution in [1.82, 2.24) is 10.3 Å². The van der Waals surface area contributed by atoms with E-state index in [-0.39, 0.29) is 23.8 Å². The zero-order valence-electron chi connectivity index (χ0n) is 27.8. The number of benzene rings is 3. The zero-order valence-corrected chi connectivity index (χ0v) is 27.8. The summed E-state index contributed by atoms with van der Waals surface area (Å²) in [6.45, 7) is 9.74. The van der Waals surface area contributed by atoms with Gasteiger partial charge in [0, 0.05) is 28.2 Å². The topological polar surface area (TPSA) is 129 Å². The monoisotopic (exact) mass is 629 g/mol. The molecule has 1 aliphatic heterocycles. The number of hydrogen-bond donors (Lipinski definition) is 5. The highest BCUT2D eigenvalue weighted by molar-refractivity contribution is 6.12. The Labute approximate surface area is 277 Å². The number of fused-ring (bicyclic) bond motifs is 2. The minimum absolute atomic E-state index is 0.182. The van der Waals surface area contributed by atoms with Crippen LogP contribution < -0.4 is 21.7 Å². The van der Waals surface area contributed by atoms with Gasteiger partial charge < -0.3 is 26.7 Å². The van der Waals surface area contributed by atoms with E-state index >= 15 is 0 Å².